The second kappa shape index (κ2) is 5.81. The molecule has 22 heavy (non-hydrogen) atoms. The van der Waals surface area contributed by atoms with E-state index >= 15 is 0 Å². The van der Waals surface area contributed by atoms with Crippen molar-refractivity contribution in [1.29, 1.82) is 0 Å². The van der Waals surface area contributed by atoms with Gasteiger partial charge in [0.2, 0.25) is 0 Å². The van der Waals surface area contributed by atoms with Gasteiger partial charge in [0.1, 0.15) is 0 Å². The fraction of sp³-hybridized carbons (Fsp3) is 0.857. The highest BCUT2D eigenvalue weighted by atomic mass is 32.2. The highest BCUT2D eigenvalue weighted by Crippen LogP contribution is 2.44. The Hall–Kier alpha value is -1.15. The Morgan fingerprint density at radius 2 is 1.86 bits per heavy atom. The summed E-state index contributed by atoms with van der Waals surface area (Å²) in [7, 11) is -3.72. The number of hydrogen-bond donors (Lipinski definition) is 2. The molecule has 1 amide bonds. The molecule has 2 rings (SSSR count). The van der Waals surface area contributed by atoms with E-state index in [4.69, 9.17) is 5.11 Å². The molecule has 0 aromatic rings. The summed E-state index contributed by atoms with van der Waals surface area (Å²) in [6.07, 6.45) is 2.89. The van der Waals surface area contributed by atoms with Crippen LogP contribution < -0.4 is 4.72 Å². The van der Waals surface area contributed by atoms with Gasteiger partial charge in [-0.1, -0.05) is 0 Å². The third-order valence-corrected chi connectivity index (χ3v) is 5.67. The average molecular weight is 331 g/mol. The Bertz CT molecular complexity index is 569. The smallest absolute Gasteiger partial charge is 0.407 e. The maximum Gasteiger partial charge on any atom is 0.407 e. The Morgan fingerprint density at radius 3 is 2.36 bits per heavy atom. The lowest BCUT2D eigenvalue weighted by Gasteiger charge is -2.38. The lowest BCUT2D eigenvalue weighted by Crippen LogP contribution is -2.45. The molecule has 0 bridgehead atoms. The molecule has 1 aliphatic carbocycles. The van der Waals surface area contributed by atoms with E-state index < -0.39 is 21.8 Å². The average Bonchev–Trinajstić information content (AvgIpc) is 2.69. The molecule has 8 heteroatoms. The van der Waals surface area contributed by atoms with Crippen LogP contribution in [0.3, 0.4) is 0 Å². The first-order chi connectivity index (χ1) is 10.0. The Labute approximate surface area is 132 Å². The van der Waals surface area contributed by atoms with Crippen molar-refractivity contribution < 1.29 is 18.3 Å². The molecule has 126 valence electrons. The van der Waals surface area contributed by atoms with Crippen LogP contribution in [0.15, 0.2) is 4.40 Å². The quantitative estimate of drug-likeness (QED) is 0.808. The summed E-state index contributed by atoms with van der Waals surface area (Å²) in [5.74, 6) is 0. The van der Waals surface area contributed by atoms with Gasteiger partial charge in [-0.2, -0.15) is 17.5 Å². The molecule has 1 spiro atoms. The molecule has 1 aliphatic heterocycles. The number of carbonyl (C=O) groups is 1. The Kier molecular flexibility index (Phi) is 4.54. The zero-order valence-electron chi connectivity index (χ0n) is 13.4. The first kappa shape index (κ1) is 17.2. The van der Waals surface area contributed by atoms with Gasteiger partial charge in [0, 0.05) is 29.8 Å². The van der Waals surface area contributed by atoms with E-state index in [0.29, 0.717) is 38.1 Å². The van der Waals surface area contributed by atoms with E-state index in [1.807, 2.05) is 0 Å². The molecule has 1 saturated heterocycles. The largest absolute Gasteiger partial charge is 0.465 e. The zero-order valence-corrected chi connectivity index (χ0v) is 14.2. The predicted octanol–water partition coefficient (Wildman–Crippen LogP) is 2.00. The molecule has 0 atom stereocenters. The Balaban J connectivity index is 2.18. The standard InChI is InChI=1S/C14H25N3O4S/c1-13(2,3)16-22(20,21)15-11-5-4-6-14(11)7-9-17(10-8-14)12(18)19/h16H,4-10H2,1-3H3,(H,18,19)/b15-11+. The van der Waals surface area contributed by atoms with Crippen molar-refractivity contribution in [3.8, 4) is 0 Å². The van der Waals surface area contributed by atoms with Crippen LogP contribution in [-0.4, -0.2) is 48.9 Å². The van der Waals surface area contributed by atoms with Crippen LogP contribution in [0.2, 0.25) is 0 Å². The third-order valence-electron chi connectivity index (χ3n) is 4.34. The van der Waals surface area contributed by atoms with Crippen LogP contribution in [0.5, 0.6) is 0 Å². The van der Waals surface area contributed by atoms with E-state index in [-0.39, 0.29) is 5.41 Å². The van der Waals surface area contributed by atoms with Crippen LogP contribution in [0.4, 0.5) is 4.79 Å². The van der Waals surface area contributed by atoms with Gasteiger partial charge in [-0.25, -0.2) is 4.79 Å². The van der Waals surface area contributed by atoms with Crippen LogP contribution in [0.1, 0.15) is 52.9 Å². The normalized spacial score (nSPS) is 24.1. The summed E-state index contributed by atoms with van der Waals surface area (Å²) < 4.78 is 31.0. The molecule has 2 fully saturated rings. The maximum atomic E-state index is 12.2. The van der Waals surface area contributed by atoms with Crippen LogP contribution >= 0.6 is 0 Å². The minimum absolute atomic E-state index is 0.238. The topological polar surface area (TPSA) is 99.1 Å². The monoisotopic (exact) mass is 331 g/mol. The first-order valence-electron chi connectivity index (χ1n) is 7.64. The molecular weight excluding hydrogens is 306 g/mol. The molecule has 2 N–H and O–H groups in total. The molecule has 2 aliphatic rings. The SMILES string of the molecule is CC(C)(C)NS(=O)(=O)/N=C1\CCCC12CCN(C(=O)O)CC2. The summed E-state index contributed by atoms with van der Waals surface area (Å²) in [5.41, 5.74) is -0.0887. The summed E-state index contributed by atoms with van der Waals surface area (Å²) in [5, 5.41) is 9.04. The number of nitrogens with zero attached hydrogens (tertiary/aromatic N) is 2. The van der Waals surface area contributed by atoms with E-state index in [9.17, 15) is 13.2 Å². The summed E-state index contributed by atoms with van der Waals surface area (Å²) in [6.45, 7) is 6.23. The van der Waals surface area contributed by atoms with Crippen molar-refractivity contribution >= 4 is 22.0 Å². The summed E-state index contributed by atoms with van der Waals surface area (Å²) in [4.78, 5) is 12.4. The number of rotatable bonds is 2. The summed E-state index contributed by atoms with van der Waals surface area (Å²) >= 11 is 0. The van der Waals surface area contributed by atoms with Crippen molar-refractivity contribution in [3.63, 3.8) is 0 Å². The van der Waals surface area contributed by atoms with Crippen LogP contribution in [-0.2, 0) is 10.2 Å². The molecule has 1 saturated carbocycles. The van der Waals surface area contributed by atoms with Crippen molar-refractivity contribution in [1.82, 2.24) is 9.62 Å². The van der Waals surface area contributed by atoms with Crippen LogP contribution in [0, 0.1) is 5.41 Å². The molecule has 0 radical (unpaired) electrons. The number of hydrogen-bond acceptors (Lipinski definition) is 3. The second-order valence-corrected chi connectivity index (χ2v) is 8.61. The van der Waals surface area contributed by atoms with Gasteiger partial charge in [-0.05, 0) is 52.9 Å². The number of carboxylic acid groups (broad SMARTS) is 1. The summed E-state index contributed by atoms with van der Waals surface area (Å²) in [6, 6.07) is 0. The fourth-order valence-electron chi connectivity index (χ4n) is 3.37. The number of amides is 1. The van der Waals surface area contributed by atoms with Crippen molar-refractivity contribution in [2.75, 3.05) is 13.1 Å². The number of nitrogens with one attached hydrogen (secondary N) is 1. The van der Waals surface area contributed by atoms with Crippen molar-refractivity contribution in [3.05, 3.63) is 0 Å². The molecule has 0 aromatic carbocycles. The van der Waals surface area contributed by atoms with Gasteiger partial charge < -0.3 is 10.0 Å². The van der Waals surface area contributed by atoms with Gasteiger partial charge in [0.05, 0.1) is 0 Å². The highest BCUT2D eigenvalue weighted by Gasteiger charge is 2.44. The molecular formula is C14H25N3O4S. The number of likely N-dealkylation sites (tertiary alicyclic amines) is 1. The lowest BCUT2D eigenvalue weighted by atomic mass is 9.76. The Morgan fingerprint density at radius 1 is 1.27 bits per heavy atom. The van der Waals surface area contributed by atoms with E-state index in [0.717, 1.165) is 12.8 Å². The lowest BCUT2D eigenvalue weighted by molar-refractivity contribution is 0.113. The van der Waals surface area contributed by atoms with Crippen molar-refractivity contribution in [2.24, 2.45) is 9.81 Å². The number of piperidine rings is 1. The fourth-order valence-corrected chi connectivity index (χ4v) is 4.76. The predicted molar refractivity (Wildman–Crippen MR) is 84.4 cm³/mol. The van der Waals surface area contributed by atoms with Gasteiger partial charge in [-0.3, -0.25) is 0 Å². The minimum atomic E-state index is -3.72. The maximum absolute atomic E-state index is 12.2. The molecule has 7 nitrogen and oxygen atoms in total. The molecule has 0 aromatic heterocycles. The van der Waals surface area contributed by atoms with Gasteiger partial charge in [-0.15, -0.1) is 0 Å². The third kappa shape index (κ3) is 3.98. The molecule has 1 heterocycles. The molecule has 0 unspecified atom stereocenters. The van der Waals surface area contributed by atoms with Gasteiger partial charge in [0.15, 0.2) is 0 Å². The highest BCUT2D eigenvalue weighted by molar-refractivity contribution is 7.88. The van der Waals surface area contributed by atoms with Gasteiger partial charge >= 0.3 is 16.3 Å². The van der Waals surface area contributed by atoms with Crippen LogP contribution in [0.25, 0.3) is 0 Å². The van der Waals surface area contributed by atoms with Gasteiger partial charge in [0.25, 0.3) is 0 Å². The van der Waals surface area contributed by atoms with E-state index in [1.54, 1.807) is 20.8 Å². The van der Waals surface area contributed by atoms with Crippen molar-refractivity contribution in [2.45, 2.75) is 58.4 Å². The second-order valence-electron chi connectivity index (χ2n) is 7.27. The zero-order chi connectivity index (χ0) is 16.6. The van der Waals surface area contributed by atoms with E-state index in [1.165, 1.54) is 4.90 Å². The minimum Gasteiger partial charge on any atom is -0.465 e. The first-order valence-corrected chi connectivity index (χ1v) is 9.08. The van der Waals surface area contributed by atoms with E-state index in [2.05, 4.69) is 9.12 Å².